The van der Waals surface area contributed by atoms with Gasteiger partial charge in [-0.1, -0.05) is 59.7 Å². The summed E-state index contributed by atoms with van der Waals surface area (Å²) in [6.07, 6.45) is 23.2. The number of aromatic amines is 1. The topological polar surface area (TPSA) is 116 Å². The molecular formula is C48H56N8O2S. The normalized spacial score (nSPS) is 27.8. The summed E-state index contributed by atoms with van der Waals surface area (Å²) in [6, 6.07) is 13.1. The van der Waals surface area contributed by atoms with Gasteiger partial charge in [0.25, 0.3) is 10.0 Å². The molecule has 59 heavy (non-hydrogen) atoms. The van der Waals surface area contributed by atoms with Crippen LogP contribution in [0.1, 0.15) is 103 Å². The average molecular weight is 809 g/mol. The maximum absolute atomic E-state index is 13.6. The first kappa shape index (κ1) is 38.2. The number of nitrogens with zero attached hydrogens (tertiary/aromatic N) is 7. The van der Waals surface area contributed by atoms with E-state index >= 15 is 0 Å². The molecule has 0 aliphatic heterocycles. The number of rotatable bonds is 6. The van der Waals surface area contributed by atoms with Gasteiger partial charge in [0.2, 0.25) is 0 Å². The van der Waals surface area contributed by atoms with E-state index in [9.17, 15) is 8.42 Å². The third-order valence-corrected chi connectivity index (χ3v) is 18.3. The zero-order valence-corrected chi connectivity index (χ0v) is 36.4. The average Bonchev–Trinajstić information content (AvgIpc) is 4.10. The van der Waals surface area contributed by atoms with Crippen LogP contribution >= 0.6 is 0 Å². The molecule has 4 unspecified atom stereocenters. The minimum atomic E-state index is -3.79. The van der Waals surface area contributed by atoms with E-state index in [4.69, 9.17) is 9.97 Å². The lowest BCUT2D eigenvalue weighted by atomic mass is 9.71. The molecular weight excluding hydrogens is 753 g/mol. The second-order valence-corrected chi connectivity index (χ2v) is 21.8. The molecule has 0 saturated heterocycles. The van der Waals surface area contributed by atoms with E-state index in [2.05, 4.69) is 87.4 Å². The molecule has 6 atom stereocenters. The molecule has 11 rings (SSSR count). The second-order valence-electron chi connectivity index (χ2n) is 19.9. The second kappa shape index (κ2) is 13.0. The van der Waals surface area contributed by atoms with Gasteiger partial charge in [-0.15, -0.1) is 0 Å². The summed E-state index contributed by atoms with van der Waals surface area (Å²) in [5.41, 5.74) is 9.66. The van der Waals surface area contributed by atoms with E-state index in [0.29, 0.717) is 45.1 Å². The monoisotopic (exact) mass is 808 g/mol. The van der Waals surface area contributed by atoms with Crippen molar-refractivity contribution in [3.8, 4) is 22.3 Å². The van der Waals surface area contributed by atoms with Crippen LogP contribution in [0.15, 0.2) is 96.9 Å². The zero-order valence-electron chi connectivity index (χ0n) is 35.6. The van der Waals surface area contributed by atoms with Gasteiger partial charge in [-0.25, -0.2) is 22.4 Å². The van der Waals surface area contributed by atoms with Gasteiger partial charge in [-0.2, -0.15) is 10.2 Å². The van der Waals surface area contributed by atoms with Crippen LogP contribution in [0, 0.1) is 33.5 Å². The Balaban J connectivity index is 0.000000149. The van der Waals surface area contributed by atoms with E-state index in [0.717, 1.165) is 40.1 Å². The van der Waals surface area contributed by atoms with E-state index in [1.54, 1.807) is 41.3 Å². The van der Waals surface area contributed by atoms with Crippen LogP contribution < -0.4 is 0 Å². The molecule has 4 fully saturated rings. The van der Waals surface area contributed by atoms with Crippen molar-refractivity contribution in [1.29, 1.82) is 0 Å². The molecule has 0 spiro atoms. The highest BCUT2D eigenvalue weighted by Crippen LogP contribution is 2.71. The summed E-state index contributed by atoms with van der Waals surface area (Å²) >= 11 is 0. The van der Waals surface area contributed by atoms with E-state index < -0.39 is 10.0 Å². The van der Waals surface area contributed by atoms with Crippen molar-refractivity contribution in [2.24, 2.45) is 47.6 Å². The van der Waals surface area contributed by atoms with Crippen LogP contribution in [0.3, 0.4) is 0 Å². The Kier molecular flexibility index (Phi) is 8.40. The van der Waals surface area contributed by atoms with Gasteiger partial charge in [-0.05, 0) is 119 Å². The molecule has 306 valence electrons. The highest BCUT2D eigenvalue weighted by Gasteiger charge is 2.61. The minimum absolute atomic E-state index is 0.248. The number of H-pyrrole nitrogens is 1. The van der Waals surface area contributed by atoms with Crippen LogP contribution in [-0.4, -0.2) is 46.9 Å². The lowest BCUT2D eigenvalue weighted by Crippen LogP contribution is -2.26. The number of hydrogen-bond acceptors (Lipinski definition) is 6. The highest BCUT2D eigenvalue weighted by molar-refractivity contribution is 7.90. The molecule has 10 nitrogen and oxygen atoms in total. The Hall–Kier alpha value is -5.03. The number of aryl methyl sites for hydroxylation is 2. The van der Waals surface area contributed by atoms with Gasteiger partial charge >= 0.3 is 0 Å². The van der Waals surface area contributed by atoms with Crippen molar-refractivity contribution in [2.75, 3.05) is 0 Å². The summed E-state index contributed by atoms with van der Waals surface area (Å²) in [7, 11) is 0.0370. The third-order valence-electron chi connectivity index (χ3n) is 16.7. The summed E-state index contributed by atoms with van der Waals surface area (Å²) in [4.78, 5) is 13.1. The van der Waals surface area contributed by atoms with Crippen LogP contribution in [0.2, 0.25) is 0 Å². The van der Waals surface area contributed by atoms with Crippen LogP contribution in [0.25, 0.3) is 44.3 Å². The fraction of sp³-hybridized carbons (Fsp3) is 0.458. The molecule has 0 radical (unpaired) electrons. The van der Waals surface area contributed by atoms with Crippen molar-refractivity contribution < 1.29 is 8.42 Å². The fourth-order valence-electron chi connectivity index (χ4n) is 12.3. The van der Waals surface area contributed by atoms with Crippen molar-refractivity contribution in [3.05, 3.63) is 103 Å². The van der Waals surface area contributed by atoms with Crippen molar-refractivity contribution in [3.63, 3.8) is 0 Å². The van der Waals surface area contributed by atoms with Gasteiger partial charge in [-0.3, -0.25) is 9.36 Å². The zero-order chi connectivity index (χ0) is 41.3. The lowest BCUT2D eigenvalue weighted by molar-refractivity contribution is 0.152. The number of fused-ring (bicyclic) bond motifs is 6. The number of aromatic nitrogens is 8. The Morgan fingerprint density at radius 3 is 1.73 bits per heavy atom. The Labute approximate surface area is 347 Å². The summed E-state index contributed by atoms with van der Waals surface area (Å²) in [5.74, 6) is 2.48. The summed E-state index contributed by atoms with van der Waals surface area (Å²) in [6.45, 7) is 14.7. The predicted molar refractivity (Wildman–Crippen MR) is 233 cm³/mol. The quantitative estimate of drug-likeness (QED) is 0.179. The van der Waals surface area contributed by atoms with E-state index in [-0.39, 0.29) is 4.90 Å². The van der Waals surface area contributed by atoms with Gasteiger partial charge in [0.1, 0.15) is 5.65 Å². The number of pyridine rings is 2. The molecule has 4 saturated carbocycles. The summed E-state index contributed by atoms with van der Waals surface area (Å²) < 4.78 is 32.1. The van der Waals surface area contributed by atoms with E-state index in [1.165, 1.54) is 58.2 Å². The summed E-state index contributed by atoms with van der Waals surface area (Å²) in [5, 5.41) is 10.7. The maximum atomic E-state index is 13.6. The largest absolute Gasteiger partial charge is 0.346 e. The van der Waals surface area contributed by atoms with Crippen LogP contribution in [0.5, 0.6) is 0 Å². The molecule has 7 aromatic rings. The predicted octanol–water partition coefficient (Wildman–Crippen LogP) is 10.5. The SMILES string of the molecule is Cn1cc(-c2c[nH]c3ncc(C4C[C@]5(C)CCC4C5(C)C)cc23)cn1.Cn1cc(-c2cn(S(=O)(=O)c3ccccc3)c3ncc(C4C[C@]5(C)CCC4C5(C)C)cc23)cn1. The number of benzene rings is 1. The molecule has 4 aliphatic rings. The number of nitrogens with one attached hydrogen (secondary N) is 1. The highest BCUT2D eigenvalue weighted by atomic mass is 32.2. The molecule has 1 N–H and O–H groups in total. The third kappa shape index (κ3) is 5.66. The lowest BCUT2D eigenvalue weighted by Gasteiger charge is -2.34. The Bertz CT molecular complexity index is 2860. The Morgan fingerprint density at radius 2 is 1.22 bits per heavy atom. The number of hydrogen-bond donors (Lipinski definition) is 1. The molecule has 6 heterocycles. The molecule has 4 aliphatic carbocycles. The smallest absolute Gasteiger partial charge is 0.269 e. The maximum Gasteiger partial charge on any atom is 0.269 e. The first-order valence-electron chi connectivity index (χ1n) is 21.3. The van der Waals surface area contributed by atoms with Crippen LogP contribution in [-0.2, 0) is 24.1 Å². The first-order valence-corrected chi connectivity index (χ1v) is 22.7. The molecule has 6 aromatic heterocycles. The Morgan fingerprint density at radius 1 is 0.678 bits per heavy atom. The molecule has 4 bridgehead atoms. The molecule has 0 amide bonds. The fourth-order valence-corrected chi connectivity index (χ4v) is 13.6. The first-order chi connectivity index (χ1) is 28.0. The minimum Gasteiger partial charge on any atom is -0.346 e. The van der Waals surface area contributed by atoms with Gasteiger partial charge in [0, 0.05) is 84.3 Å². The van der Waals surface area contributed by atoms with Crippen molar-refractivity contribution in [1.82, 2.24) is 38.5 Å². The molecule has 1 aromatic carbocycles. The standard InChI is InChI=1S/C27H30N4O2S.C21H26N4/c1-26(2)24-10-11-27(26,3)13-22(24)18-12-21-23(19-15-29-30(4)16-19)17-31(25(21)28-14-18)34(32,33)20-8-6-5-7-9-20;1-20(2)18-5-6-21(20,3)8-16(18)13-7-15-17(11-23-19(15)22-9-13)14-10-24-25(4)12-14/h5-9,12,14-17,22,24H,10-11,13H2,1-4H3;7,9-12,16,18H,5-6,8H2,1-4H3,(H,22,23)/t22?,24?,27-;16?,18?,21-/m00/s1. The van der Waals surface area contributed by atoms with E-state index in [1.807, 2.05) is 43.4 Å². The van der Waals surface area contributed by atoms with Crippen LogP contribution in [0.4, 0.5) is 0 Å². The van der Waals surface area contributed by atoms with Gasteiger partial charge in [0.05, 0.1) is 17.3 Å². The van der Waals surface area contributed by atoms with Gasteiger partial charge < -0.3 is 4.98 Å². The van der Waals surface area contributed by atoms with Gasteiger partial charge in [0.15, 0.2) is 5.65 Å². The molecule has 11 heteroatoms. The van der Waals surface area contributed by atoms with Crippen molar-refractivity contribution >= 4 is 32.1 Å². The van der Waals surface area contributed by atoms with Crippen molar-refractivity contribution in [2.45, 2.75) is 96.8 Å².